The van der Waals surface area contributed by atoms with Crippen molar-refractivity contribution in [2.45, 2.75) is 5.75 Å². The highest BCUT2D eigenvalue weighted by molar-refractivity contribution is 7.97. The molecule has 0 aliphatic carbocycles. The van der Waals surface area contributed by atoms with Gasteiger partial charge in [-0.2, -0.15) is 11.8 Å². The van der Waals surface area contributed by atoms with Crippen molar-refractivity contribution in [1.29, 1.82) is 0 Å². The van der Waals surface area contributed by atoms with Gasteiger partial charge in [-0.1, -0.05) is 6.07 Å². The molecule has 0 atom stereocenters. The van der Waals surface area contributed by atoms with Crippen LogP contribution in [0.3, 0.4) is 0 Å². The summed E-state index contributed by atoms with van der Waals surface area (Å²) >= 11 is 1.67. The fraction of sp³-hybridized carbons (Fsp3) is 0.250. The topological polar surface area (TPSA) is 26.0 Å². The highest BCUT2D eigenvalue weighted by Crippen LogP contribution is 2.17. The maximum atomic E-state index is 12.5. The predicted molar refractivity (Wildman–Crippen MR) is 48.0 cm³/mol. The second-order valence-corrected chi connectivity index (χ2v) is 3.14. The quantitative estimate of drug-likeness (QED) is 0.691. The summed E-state index contributed by atoms with van der Waals surface area (Å²) in [6, 6.07) is 4.51. The summed E-state index contributed by atoms with van der Waals surface area (Å²) in [5.41, 5.74) is 7.09. The standard InChI is InChI=1S/C8H10FNS/c1-11-5-6-2-3-7(9)4-8(6)10/h2-4H,5,10H2,1H3. The zero-order valence-electron chi connectivity index (χ0n) is 6.30. The number of rotatable bonds is 2. The number of nitrogens with two attached hydrogens (primary N) is 1. The molecule has 0 saturated carbocycles. The molecule has 0 bridgehead atoms. The fourth-order valence-corrected chi connectivity index (χ4v) is 1.43. The molecule has 0 saturated heterocycles. The lowest BCUT2D eigenvalue weighted by atomic mass is 10.2. The van der Waals surface area contributed by atoms with E-state index in [0.717, 1.165) is 11.3 Å². The Morgan fingerprint density at radius 3 is 2.82 bits per heavy atom. The van der Waals surface area contributed by atoms with Crippen molar-refractivity contribution >= 4 is 17.4 Å². The van der Waals surface area contributed by atoms with Crippen molar-refractivity contribution in [3.05, 3.63) is 29.6 Å². The molecule has 0 radical (unpaired) electrons. The van der Waals surface area contributed by atoms with Gasteiger partial charge in [0.25, 0.3) is 0 Å². The Kier molecular flexibility index (Phi) is 2.76. The van der Waals surface area contributed by atoms with Crippen LogP contribution in [-0.4, -0.2) is 6.26 Å². The van der Waals surface area contributed by atoms with E-state index < -0.39 is 0 Å². The third-order valence-corrected chi connectivity index (χ3v) is 2.01. The molecule has 0 fully saturated rings. The van der Waals surface area contributed by atoms with Crippen LogP contribution in [-0.2, 0) is 5.75 Å². The minimum Gasteiger partial charge on any atom is -0.398 e. The molecule has 0 unspecified atom stereocenters. The van der Waals surface area contributed by atoms with Gasteiger partial charge in [0.1, 0.15) is 5.82 Å². The molecule has 0 amide bonds. The van der Waals surface area contributed by atoms with Crippen LogP contribution < -0.4 is 5.73 Å². The average molecular weight is 171 g/mol. The van der Waals surface area contributed by atoms with Crippen molar-refractivity contribution in [3.63, 3.8) is 0 Å². The minimum absolute atomic E-state index is 0.271. The zero-order chi connectivity index (χ0) is 8.27. The van der Waals surface area contributed by atoms with Crippen LogP contribution in [0.4, 0.5) is 10.1 Å². The molecule has 0 aliphatic heterocycles. The largest absolute Gasteiger partial charge is 0.398 e. The van der Waals surface area contributed by atoms with Gasteiger partial charge in [0.2, 0.25) is 0 Å². The normalized spacial score (nSPS) is 10.0. The van der Waals surface area contributed by atoms with Crippen molar-refractivity contribution < 1.29 is 4.39 Å². The highest BCUT2D eigenvalue weighted by Gasteiger charge is 1.98. The summed E-state index contributed by atoms with van der Waals surface area (Å²) in [6.45, 7) is 0. The van der Waals surface area contributed by atoms with E-state index >= 15 is 0 Å². The van der Waals surface area contributed by atoms with Crippen LogP contribution in [0, 0.1) is 5.82 Å². The lowest BCUT2D eigenvalue weighted by molar-refractivity contribution is 0.628. The maximum absolute atomic E-state index is 12.5. The van der Waals surface area contributed by atoms with Gasteiger partial charge in [-0.15, -0.1) is 0 Å². The van der Waals surface area contributed by atoms with Crippen molar-refractivity contribution in [1.82, 2.24) is 0 Å². The van der Waals surface area contributed by atoms with Crippen molar-refractivity contribution in [3.8, 4) is 0 Å². The number of hydrogen-bond donors (Lipinski definition) is 1. The average Bonchev–Trinajstić information content (AvgIpc) is 1.95. The molecule has 1 nitrogen and oxygen atoms in total. The van der Waals surface area contributed by atoms with Crippen LogP contribution in [0.5, 0.6) is 0 Å². The number of nitrogen functional groups attached to an aromatic ring is 1. The summed E-state index contributed by atoms with van der Waals surface area (Å²) < 4.78 is 12.5. The lowest BCUT2D eigenvalue weighted by Gasteiger charge is -2.02. The summed E-state index contributed by atoms with van der Waals surface area (Å²) in [5.74, 6) is 0.568. The first-order valence-electron chi connectivity index (χ1n) is 3.27. The van der Waals surface area contributed by atoms with E-state index in [0.29, 0.717) is 5.69 Å². The van der Waals surface area contributed by atoms with E-state index in [2.05, 4.69) is 0 Å². The van der Waals surface area contributed by atoms with Crippen molar-refractivity contribution in [2.24, 2.45) is 0 Å². The number of halogens is 1. The summed E-state index contributed by atoms with van der Waals surface area (Å²) in [6.07, 6.45) is 1.99. The van der Waals surface area contributed by atoms with Crippen LogP contribution in [0.2, 0.25) is 0 Å². The molecule has 60 valence electrons. The number of thioether (sulfide) groups is 1. The second-order valence-electron chi connectivity index (χ2n) is 2.28. The van der Waals surface area contributed by atoms with Crippen LogP contribution in [0.1, 0.15) is 5.56 Å². The van der Waals surface area contributed by atoms with Gasteiger partial charge < -0.3 is 5.73 Å². The van der Waals surface area contributed by atoms with Gasteiger partial charge in [-0.25, -0.2) is 4.39 Å². The Balaban J connectivity index is 2.90. The Morgan fingerprint density at radius 1 is 1.55 bits per heavy atom. The molecule has 11 heavy (non-hydrogen) atoms. The summed E-state index contributed by atoms with van der Waals surface area (Å²) in [5, 5.41) is 0. The highest BCUT2D eigenvalue weighted by atomic mass is 32.2. The number of benzene rings is 1. The van der Waals surface area contributed by atoms with Gasteiger partial charge >= 0.3 is 0 Å². The third kappa shape index (κ3) is 2.12. The van der Waals surface area contributed by atoms with Gasteiger partial charge in [0.15, 0.2) is 0 Å². The van der Waals surface area contributed by atoms with E-state index in [4.69, 9.17) is 5.73 Å². The molecule has 3 heteroatoms. The van der Waals surface area contributed by atoms with E-state index in [-0.39, 0.29) is 5.82 Å². The summed E-state index contributed by atoms with van der Waals surface area (Å²) in [7, 11) is 0. The molecule has 1 aromatic rings. The van der Waals surface area contributed by atoms with E-state index in [1.54, 1.807) is 17.8 Å². The number of anilines is 1. The van der Waals surface area contributed by atoms with Crippen LogP contribution in [0.25, 0.3) is 0 Å². The molecule has 0 heterocycles. The Morgan fingerprint density at radius 2 is 2.27 bits per heavy atom. The molecular formula is C8H10FNS. The van der Waals surface area contributed by atoms with Crippen LogP contribution in [0.15, 0.2) is 18.2 Å². The van der Waals surface area contributed by atoms with E-state index in [1.165, 1.54) is 12.1 Å². The predicted octanol–water partition coefficient (Wildman–Crippen LogP) is 2.27. The minimum atomic E-state index is -0.271. The van der Waals surface area contributed by atoms with Gasteiger partial charge in [-0.05, 0) is 24.0 Å². The molecule has 2 N–H and O–H groups in total. The maximum Gasteiger partial charge on any atom is 0.125 e. The monoisotopic (exact) mass is 171 g/mol. The SMILES string of the molecule is CSCc1ccc(F)cc1N. The molecule has 1 rings (SSSR count). The Bertz CT molecular complexity index is 250. The first-order chi connectivity index (χ1) is 5.24. The summed E-state index contributed by atoms with van der Waals surface area (Å²) in [4.78, 5) is 0. The zero-order valence-corrected chi connectivity index (χ0v) is 7.12. The van der Waals surface area contributed by atoms with Crippen molar-refractivity contribution in [2.75, 3.05) is 12.0 Å². The smallest absolute Gasteiger partial charge is 0.125 e. The fourth-order valence-electron chi connectivity index (χ4n) is 0.853. The molecule has 0 aromatic heterocycles. The van der Waals surface area contributed by atoms with Gasteiger partial charge in [-0.3, -0.25) is 0 Å². The van der Waals surface area contributed by atoms with E-state index in [1.807, 2.05) is 6.26 Å². The number of hydrogen-bond acceptors (Lipinski definition) is 2. The Hall–Kier alpha value is -0.700. The lowest BCUT2D eigenvalue weighted by Crippen LogP contribution is -1.92. The van der Waals surface area contributed by atoms with Gasteiger partial charge in [0, 0.05) is 11.4 Å². The molecular weight excluding hydrogens is 161 g/mol. The molecule has 0 aliphatic rings. The van der Waals surface area contributed by atoms with E-state index in [9.17, 15) is 4.39 Å². The molecule has 0 spiro atoms. The van der Waals surface area contributed by atoms with Crippen LogP contribution >= 0.6 is 11.8 Å². The first kappa shape index (κ1) is 8.40. The third-order valence-electron chi connectivity index (χ3n) is 1.41. The second kappa shape index (κ2) is 3.62. The van der Waals surface area contributed by atoms with Gasteiger partial charge in [0.05, 0.1) is 0 Å². The Labute approximate surface area is 69.8 Å². The first-order valence-corrected chi connectivity index (χ1v) is 4.66. The molecule has 1 aromatic carbocycles.